The molecule has 0 aromatic heterocycles. The summed E-state index contributed by atoms with van der Waals surface area (Å²) in [5, 5.41) is 2.59. The van der Waals surface area contributed by atoms with Crippen LogP contribution in [0.4, 0.5) is 11.4 Å². The third-order valence-corrected chi connectivity index (χ3v) is 4.75. The minimum Gasteiger partial charge on any atom is -0.452 e. The van der Waals surface area contributed by atoms with Gasteiger partial charge in [-0.3, -0.25) is 14.4 Å². The van der Waals surface area contributed by atoms with Crippen LogP contribution in [0.2, 0.25) is 0 Å². The van der Waals surface area contributed by atoms with Gasteiger partial charge in [0.05, 0.1) is 16.8 Å². The molecule has 148 valence electrons. The summed E-state index contributed by atoms with van der Waals surface area (Å²) >= 11 is 0. The van der Waals surface area contributed by atoms with Gasteiger partial charge in [0.1, 0.15) is 0 Å². The molecule has 7 nitrogen and oxygen atoms in total. The highest BCUT2D eigenvalue weighted by molar-refractivity contribution is 6.30. The molecule has 3 aromatic rings. The van der Waals surface area contributed by atoms with E-state index < -0.39 is 24.3 Å². The van der Waals surface area contributed by atoms with Crippen molar-refractivity contribution in [3.05, 3.63) is 94.5 Å². The van der Waals surface area contributed by atoms with Gasteiger partial charge in [-0.1, -0.05) is 42.5 Å². The minimum atomic E-state index is -0.863. The average Bonchev–Trinajstić information content (AvgIpc) is 2.76. The van der Waals surface area contributed by atoms with Crippen molar-refractivity contribution in [1.82, 2.24) is 0 Å². The first-order valence-electron chi connectivity index (χ1n) is 9.10. The van der Waals surface area contributed by atoms with E-state index in [9.17, 15) is 19.2 Å². The van der Waals surface area contributed by atoms with E-state index >= 15 is 0 Å². The van der Waals surface area contributed by atoms with E-state index in [2.05, 4.69) is 5.32 Å². The molecule has 0 saturated heterocycles. The summed E-state index contributed by atoms with van der Waals surface area (Å²) in [5.74, 6) is -2.16. The van der Waals surface area contributed by atoms with Gasteiger partial charge >= 0.3 is 5.97 Å². The Labute approximate surface area is 171 Å². The molecular formula is C23H16N2O5. The first-order valence-corrected chi connectivity index (χ1v) is 9.10. The van der Waals surface area contributed by atoms with Gasteiger partial charge in [-0.05, 0) is 24.3 Å². The molecule has 0 atom stereocenters. The number of hydrogen-bond acceptors (Lipinski definition) is 6. The Morgan fingerprint density at radius 2 is 1.43 bits per heavy atom. The number of amides is 1. The number of ether oxygens (including phenoxy) is 1. The van der Waals surface area contributed by atoms with Crippen molar-refractivity contribution >= 4 is 34.8 Å². The van der Waals surface area contributed by atoms with Crippen LogP contribution >= 0.6 is 0 Å². The van der Waals surface area contributed by atoms with Crippen molar-refractivity contribution in [2.24, 2.45) is 0 Å². The number of anilines is 2. The second-order valence-corrected chi connectivity index (χ2v) is 6.64. The lowest BCUT2D eigenvalue weighted by molar-refractivity contribution is -0.119. The molecule has 1 amide bonds. The second kappa shape index (κ2) is 7.63. The largest absolute Gasteiger partial charge is 0.452 e. The van der Waals surface area contributed by atoms with Gasteiger partial charge in [0, 0.05) is 22.4 Å². The Hall–Kier alpha value is -4.26. The molecule has 3 N–H and O–H groups in total. The molecule has 0 saturated carbocycles. The molecule has 3 aromatic carbocycles. The van der Waals surface area contributed by atoms with Crippen molar-refractivity contribution in [2.75, 3.05) is 17.7 Å². The number of rotatable bonds is 4. The normalized spacial score (nSPS) is 12.0. The molecule has 1 aliphatic carbocycles. The molecule has 0 fully saturated rings. The SMILES string of the molecule is Nc1c(C(=O)OCC(=O)Nc2ccccc2)ccc2c1C(=O)c1ccccc1C2=O. The van der Waals surface area contributed by atoms with E-state index in [0.717, 1.165) is 0 Å². The van der Waals surface area contributed by atoms with Crippen LogP contribution in [0.5, 0.6) is 0 Å². The zero-order valence-electron chi connectivity index (χ0n) is 15.7. The lowest BCUT2D eigenvalue weighted by Crippen LogP contribution is -2.25. The van der Waals surface area contributed by atoms with Crippen LogP contribution in [0.15, 0.2) is 66.7 Å². The monoisotopic (exact) mass is 400 g/mol. The van der Waals surface area contributed by atoms with Crippen molar-refractivity contribution in [3.8, 4) is 0 Å². The summed E-state index contributed by atoms with van der Waals surface area (Å²) in [7, 11) is 0. The predicted molar refractivity (Wildman–Crippen MR) is 110 cm³/mol. The fourth-order valence-electron chi connectivity index (χ4n) is 3.32. The Morgan fingerprint density at radius 1 is 0.800 bits per heavy atom. The summed E-state index contributed by atoms with van der Waals surface area (Å²) < 4.78 is 5.04. The van der Waals surface area contributed by atoms with E-state index in [1.54, 1.807) is 48.5 Å². The van der Waals surface area contributed by atoms with Gasteiger partial charge in [-0.2, -0.15) is 0 Å². The summed E-state index contributed by atoms with van der Waals surface area (Å²) in [6.07, 6.45) is 0. The first kappa shape index (κ1) is 19.1. The molecule has 0 spiro atoms. The lowest BCUT2D eigenvalue weighted by atomic mass is 9.82. The lowest BCUT2D eigenvalue weighted by Gasteiger charge is -2.20. The molecular weight excluding hydrogens is 384 g/mol. The van der Waals surface area contributed by atoms with Crippen LogP contribution in [0.1, 0.15) is 42.2 Å². The van der Waals surface area contributed by atoms with E-state index in [1.807, 2.05) is 0 Å². The topological polar surface area (TPSA) is 116 Å². The second-order valence-electron chi connectivity index (χ2n) is 6.64. The van der Waals surface area contributed by atoms with Crippen molar-refractivity contribution in [1.29, 1.82) is 0 Å². The highest BCUT2D eigenvalue weighted by atomic mass is 16.5. The number of nitrogen functional groups attached to an aromatic ring is 1. The van der Waals surface area contributed by atoms with Crippen LogP contribution in [-0.4, -0.2) is 30.0 Å². The van der Waals surface area contributed by atoms with Gasteiger partial charge in [0.25, 0.3) is 5.91 Å². The van der Waals surface area contributed by atoms with Crippen LogP contribution in [0.3, 0.4) is 0 Å². The number of fused-ring (bicyclic) bond motifs is 2. The number of ketones is 2. The Kier molecular flexibility index (Phi) is 4.85. The molecule has 0 radical (unpaired) electrons. The summed E-state index contributed by atoms with van der Waals surface area (Å²) in [6.45, 7) is -0.528. The number of hydrogen-bond donors (Lipinski definition) is 2. The number of carbonyl (C=O) groups is 4. The van der Waals surface area contributed by atoms with Crippen LogP contribution in [0.25, 0.3) is 0 Å². The molecule has 4 rings (SSSR count). The van der Waals surface area contributed by atoms with Gasteiger partial charge in [-0.25, -0.2) is 4.79 Å². The maximum Gasteiger partial charge on any atom is 0.340 e. The maximum absolute atomic E-state index is 12.9. The van der Waals surface area contributed by atoms with Gasteiger partial charge in [-0.15, -0.1) is 0 Å². The van der Waals surface area contributed by atoms with Crippen LogP contribution in [0, 0.1) is 0 Å². The predicted octanol–water partition coefficient (Wildman–Crippen LogP) is 2.84. The zero-order valence-corrected chi connectivity index (χ0v) is 15.7. The van der Waals surface area contributed by atoms with Crippen molar-refractivity contribution in [2.45, 2.75) is 0 Å². The number of esters is 1. The Morgan fingerprint density at radius 3 is 2.13 bits per heavy atom. The standard InChI is InChI=1S/C23H16N2O5/c24-20-17(23(29)30-12-18(26)25-13-6-2-1-3-7-13)11-10-16-19(20)22(28)15-9-5-4-8-14(15)21(16)27/h1-11H,12,24H2,(H,25,26). The summed E-state index contributed by atoms with van der Waals surface area (Å²) in [5.41, 5.74) is 7.04. The van der Waals surface area contributed by atoms with E-state index in [-0.39, 0.29) is 33.7 Å². The van der Waals surface area contributed by atoms with Gasteiger partial charge < -0.3 is 15.8 Å². The first-order chi connectivity index (χ1) is 14.5. The van der Waals surface area contributed by atoms with E-state index in [1.165, 1.54) is 18.2 Å². The zero-order chi connectivity index (χ0) is 21.3. The number of para-hydroxylation sites is 1. The minimum absolute atomic E-state index is 0.0260. The van der Waals surface area contributed by atoms with Gasteiger partial charge in [0.2, 0.25) is 0 Å². The van der Waals surface area contributed by atoms with Crippen LogP contribution in [-0.2, 0) is 9.53 Å². The number of benzene rings is 3. The highest BCUT2D eigenvalue weighted by Crippen LogP contribution is 2.32. The van der Waals surface area contributed by atoms with E-state index in [0.29, 0.717) is 11.3 Å². The average molecular weight is 400 g/mol. The third-order valence-electron chi connectivity index (χ3n) is 4.75. The Balaban J connectivity index is 1.54. The van der Waals surface area contributed by atoms with Crippen molar-refractivity contribution in [3.63, 3.8) is 0 Å². The summed E-state index contributed by atoms with van der Waals surface area (Å²) in [4.78, 5) is 50.0. The molecule has 0 unspecified atom stereocenters. The molecule has 30 heavy (non-hydrogen) atoms. The summed E-state index contributed by atoms with van der Waals surface area (Å²) in [6, 6.07) is 17.8. The molecule has 7 heteroatoms. The number of nitrogens with two attached hydrogens (primary N) is 1. The van der Waals surface area contributed by atoms with Crippen molar-refractivity contribution < 1.29 is 23.9 Å². The molecule has 0 bridgehead atoms. The highest BCUT2D eigenvalue weighted by Gasteiger charge is 2.33. The fraction of sp³-hybridized carbons (Fsp3) is 0.0435. The molecule has 1 aliphatic rings. The molecule has 0 heterocycles. The maximum atomic E-state index is 12.9. The fourth-order valence-corrected chi connectivity index (χ4v) is 3.32. The Bertz CT molecular complexity index is 1200. The quantitative estimate of drug-likeness (QED) is 0.402. The third kappa shape index (κ3) is 3.33. The van der Waals surface area contributed by atoms with Gasteiger partial charge in [0.15, 0.2) is 18.2 Å². The van der Waals surface area contributed by atoms with E-state index in [4.69, 9.17) is 10.5 Å². The number of nitrogens with one attached hydrogen (secondary N) is 1. The van der Waals surface area contributed by atoms with Crippen LogP contribution < -0.4 is 11.1 Å². The number of carbonyl (C=O) groups excluding carboxylic acids is 4. The molecule has 0 aliphatic heterocycles. The smallest absolute Gasteiger partial charge is 0.340 e.